The van der Waals surface area contributed by atoms with E-state index in [0.717, 1.165) is 12.2 Å². The first-order valence-corrected chi connectivity index (χ1v) is 12.8. The van der Waals surface area contributed by atoms with Crippen molar-refractivity contribution >= 4 is 11.8 Å². The number of aryl methyl sites for hydroxylation is 1. The van der Waals surface area contributed by atoms with Crippen molar-refractivity contribution in [2.24, 2.45) is 0 Å². The molecule has 0 aliphatic carbocycles. The molecule has 0 radical (unpaired) electrons. The summed E-state index contributed by atoms with van der Waals surface area (Å²) in [5.74, 6) is 0.740. The quantitative estimate of drug-likeness (QED) is 0.395. The number of nitrogens with zero attached hydrogens (tertiary/aromatic N) is 3. The van der Waals surface area contributed by atoms with E-state index in [1.165, 1.54) is 16.0 Å². The Hall–Kier alpha value is -3.78. The molecule has 0 saturated heterocycles. The number of carbonyl (C=O) groups is 2. The molecule has 3 aromatic rings. The molecule has 1 aliphatic heterocycles. The van der Waals surface area contributed by atoms with Crippen LogP contribution in [-0.4, -0.2) is 65.3 Å². The molecule has 0 saturated carbocycles. The number of hydrogen-bond donors (Lipinski definition) is 0. The second-order valence-electron chi connectivity index (χ2n) is 10.6. The van der Waals surface area contributed by atoms with E-state index in [0.29, 0.717) is 30.2 Å². The van der Waals surface area contributed by atoms with Gasteiger partial charge in [0.15, 0.2) is 11.5 Å². The molecule has 0 fully saturated rings. The molecule has 2 heterocycles. The molecule has 0 atom stereocenters. The number of methoxy groups -OCH3 is 1. The summed E-state index contributed by atoms with van der Waals surface area (Å²) in [4.78, 5) is 30.6. The summed E-state index contributed by atoms with van der Waals surface area (Å²) in [5.41, 5.74) is 3.43. The second kappa shape index (κ2) is 11.7. The first kappa shape index (κ1) is 27.3. The molecule has 4 rings (SSSR count). The minimum absolute atomic E-state index is 0.0630. The summed E-state index contributed by atoms with van der Waals surface area (Å²) >= 11 is 0. The van der Waals surface area contributed by atoms with Gasteiger partial charge in [-0.05, 0) is 63.6 Å². The first-order chi connectivity index (χ1) is 18.2. The van der Waals surface area contributed by atoms with E-state index in [2.05, 4.69) is 35.8 Å². The van der Waals surface area contributed by atoms with Gasteiger partial charge in [-0.25, -0.2) is 0 Å². The van der Waals surface area contributed by atoms with Crippen molar-refractivity contribution in [3.8, 4) is 11.5 Å². The van der Waals surface area contributed by atoms with E-state index in [4.69, 9.17) is 14.2 Å². The summed E-state index contributed by atoms with van der Waals surface area (Å²) in [6, 6.07) is 17.5. The molecule has 0 spiro atoms. The van der Waals surface area contributed by atoms with Crippen molar-refractivity contribution in [1.82, 2.24) is 14.4 Å². The van der Waals surface area contributed by atoms with Crippen LogP contribution >= 0.6 is 0 Å². The van der Waals surface area contributed by atoms with Crippen molar-refractivity contribution in [2.45, 2.75) is 46.3 Å². The Balaban J connectivity index is 1.52. The van der Waals surface area contributed by atoms with Gasteiger partial charge in [-0.15, -0.1) is 0 Å². The van der Waals surface area contributed by atoms with Crippen LogP contribution in [0.15, 0.2) is 60.8 Å². The lowest BCUT2D eigenvalue weighted by atomic mass is 10.0. The van der Waals surface area contributed by atoms with Crippen LogP contribution in [0.1, 0.15) is 48.0 Å². The maximum atomic E-state index is 13.8. The van der Waals surface area contributed by atoms with E-state index in [1.54, 1.807) is 25.3 Å². The zero-order valence-electron chi connectivity index (χ0n) is 22.9. The number of hydrogen-bond acceptors (Lipinski definition) is 5. The smallest absolute Gasteiger partial charge is 0.254 e. The first-order valence-electron chi connectivity index (χ1n) is 12.8. The molecular weight excluding hydrogens is 482 g/mol. The van der Waals surface area contributed by atoms with Crippen LogP contribution in [0.25, 0.3) is 0 Å². The SMILES string of the molecule is COCCN(CC(=O)N(Cc1cccn1Cc1cccc(C)c1)C(C)(C)C)C(=O)c1ccc2c(c1)OCO2. The van der Waals surface area contributed by atoms with Gasteiger partial charge in [0.05, 0.1) is 13.2 Å². The summed E-state index contributed by atoms with van der Waals surface area (Å²) in [5, 5.41) is 0. The van der Waals surface area contributed by atoms with Crippen molar-refractivity contribution in [3.63, 3.8) is 0 Å². The van der Waals surface area contributed by atoms with E-state index >= 15 is 0 Å². The largest absolute Gasteiger partial charge is 0.454 e. The van der Waals surface area contributed by atoms with Gasteiger partial charge in [-0.2, -0.15) is 0 Å². The third-order valence-corrected chi connectivity index (χ3v) is 6.59. The molecule has 2 aromatic carbocycles. The number of fused-ring (bicyclic) bond motifs is 1. The van der Waals surface area contributed by atoms with Gasteiger partial charge in [0, 0.05) is 43.2 Å². The number of benzene rings is 2. The third kappa shape index (κ3) is 6.55. The Kier molecular flexibility index (Phi) is 8.42. The fraction of sp³-hybridized carbons (Fsp3) is 0.400. The molecule has 202 valence electrons. The highest BCUT2D eigenvalue weighted by Crippen LogP contribution is 2.33. The topological polar surface area (TPSA) is 73.2 Å². The maximum absolute atomic E-state index is 13.8. The van der Waals surface area contributed by atoms with Gasteiger partial charge in [0.1, 0.15) is 6.54 Å². The van der Waals surface area contributed by atoms with Crippen LogP contribution in [0.4, 0.5) is 0 Å². The van der Waals surface area contributed by atoms with Crippen LogP contribution in [0, 0.1) is 6.92 Å². The van der Waals surface area contributed by atoms with Gasteiger partial charge in [0.2, 0.25) is 12.7 Å². The Morgan fingerprint density at radius 3 is 2.55 bits per heavy atom. The Bertz CT molecular complexity index is 1280. The molecule has 8 nitrogen and oxygen atoms in total. The standard InChI is InChI=1S/C30H37N3O5/c1-22-8-6-9-23(16-22)18-31-13-7-10-25(31)19-33(30(2,3)4)28(34)20-32(14-15-36-5)29(35)24-11-12-26-27(17-24)38-21-37-26/h6-13,16-17H,14-15,18-21H2,1-5H3. The zero-order valence-corrected chi connectivity index (χ0v) is 22.9. The number of aromatic nitrogens is 1. The monoisotopic (exact) mass is 519 g/mol. The highest BCUT2D eigenvalue weighted by atomic mass is 16.7. The lowest BCUT2D eigenvalue weighted by Crippen LogP contribution is -2.50. The van der Waals surface area contributed by atoms with Gasteiger partial charge >= 0.3 is 0 Å². The lowest BCUT2D eigenvalue weighted by Gasteiger charge is -2.37. The normalized spacial score (nSPS) is 12.4. The fourth-order valence-electron chi connectivity index (χ4n) is 4.53. The van der Waals surface area contributed by atoms with Crippen molar-refractivity contribution < 1.29 is 23.8 Å². The van der Waals surface area contributed by atoms with E-state index in [1.807, 2.05) is 44.0 Å². The minimum atomic E-state index is -0.454. The Morgan fingerprint density at radius 2 is 1.82 bits per heavy atom. The number of amides is 2. The molecule has 8 heteroatoms. The van der Waals surface area contributed by atoms with Gasteiger partial charge in [-0.3, -0.25) is 9.59 Å². The van der Waals surface area contributed by atoms with E-state index in [-0.39, 0.29) is 31.7 Å². The van der Waals surface area contributed by atoms with Crippen LogP contribution < -0.4 is 9.47 Å². The summed E-state index contributed by atoms with van der Waals surface area (Å²) in [7, 11) is 1.58. The van der Waals surface area contributed by atoms with Crippen LogP contribution in [0.5, 0.6) is 11.5 Å². The maximum Gasteiger partial charge on any atom is 0.254 e. The lowest BCUT2D eigenvalue weighted by molar-refractivity contribution is -0.137. The van der Waals surface area contributed by atoms with Crippen LogP contribution in [0.3, 0.4) is 0 Å². The van der Waals surface area contributed by atoms with Crippen molar-refractivity contribution in [1.29, 1.82) is 0 Å². The fourth-order valence-corrected chi connectivity index (χ4v) is 4.53. The zero-order chi connectivity index (χ0) is 27.3. The molecular formula is C30H37N3O5. The molecule has 1 aliphatic rings. The molecule has 1 aromatic heterocycles. The Labute approximate surface area is 224 Å². The number of carbonyl (C=O) groups excluding carboxylic acids is 2. The second-order valence-corrected chi connectivity index (χ2v) is 10.6. The summed E-state index contributed by atoms with van der Waals surface area (Å²) < 4.78 is 18.2. The average molecular weight is 520 g/mol. The van der Waals surface area contributed by atoms with Crippen LogP contribution in [-0.2, 0) is 22.6 Å². The molecule has 2 amide bonds. The number of rotatable bonds is 10. The summed E-state index contributed by atoms with van der Waals surface area (Å²) in [6.45, 7) is 9.94. The minimum Gasteiger partial charge on any atom is -0.454 e. The number of ether oxygens (including phenoxy) is 3. The predicted molar refractivity (Wildman–Crippen MR) is 145 cm³/mol. The highest BCUT2D eigenvalue weighted by Gasteiger charge is 2.30. The van der Waals surface area contributed by atoms with Gasteiger partial charge < -0.3 is 28.6 Å². The van der Waals surface area contributed by atoms with Crippen LogP contribution in [0.2, 0.25) is 0 Å². The van der Waals surface area contributed by atoms with E-state index in [9.17, 15) is 9.59 Å². The Morgan fingerprint density at radius 1 is 1.03 bits per heavy atom. The van der Waals surface area contributed by atoms with Crippen molar-refractivity contribution in [3.05, 3.63) is 83.2 Å². The summed E-state index contributed by atoms with van der Waals surface area (Å²) in [6.07, 6.45) is 2.04. The molecule has 0 N–H and O–H groups in total. The van der Waals surface area contributed by atoms with Crippen molar-refractivity contribution in [2.75, 3.05) is 33.6 Å². The van der Waals surface area contributed by atoms with Gasteiger partial charge in [0.25, 0.3) is 5.91 Å². The van der Waals surface area contributed by atoms with E-state index < -0.39 is 5.54 Å². The average Bonchev–Trinajstić information content (AvgIpc) is 3.52. The molecule has 0 unspecified atom stereocenters. The predicted octanol–water partition coefficient (Wildman–Crippen LogP) is 4.49. The van der Waals surface area contributed by atoms with Gasteiger partial charge in [-0.1, -0.05) is 29.8 Å². The highest BCUT2D eigenvalue weighted by molar-refractivity contribution is 5.97. The molecule has 38 heavy (non-hydrogen) atoms. The molecule has 0 bridgehead atoms. The third-order valence-electron chi connectivity index (χ3n) is 6.59.